The molecule has 3 atom stereocenters. The summed E-state index contributed by atoms with van der Waals surface area (Å²) in [6.07, 6.45) is 1.63. The Bertz CT molecular complexity index is 898. The van der Waals surface area contributed by atoms with E-state index in [4.69, 9.17) is 4.74 Å². The molecule has 2 aromatic heterocycles. The van der Waals surface area contributed by atoms with Crippen LogP contribution in [0, 0.1) is 0 Å². The molecule has 1 fully saturated rings. The Morgan fingerprint density at radius 2 is 2.00 bits per heavy atom. The summed E-state index contributed by atoms with van der Waals surface area (Å²) < 4.78 is 7.41. The van der Waals surface area contributed by atoms with E-state index in [1.54, 1.807) is 23.0 Å². The number of nitrogens with one attached hydrogen (secondary N) is 1. The summed E-state index contributed by atoms with van der Waals surface area (Å²) in [6.45, 7) is 0.281. The van der Waals surface area contributed by atoms with Crippen molar-refractivity contribution in [2.75, 3.05) is 11.9 Å². The minimum atomic E-state index is -0.726. The van der Waals surface area contributed by atoms with E-state index in [0.29, 0.717) is 29.9 Å². The first-order valence-electron chi connectivity index (χ1n) is 8.29. The molecule has 9 nitrogen and oxygen atoms in total. The summed E-state index contributed by atoms with van der Waals surface area (Å²) >= 11 is 0. The first-order chi connectivity index (χ1) is 12.7. The van der Waals surface area contributed by atoms with Gasteiger partial charge in [-0.05, 0) is 17.7 Å². The van der Waals surface area contributed by atoms with Gasteiger partial charge in [0.25, 0.3) is 0 Å². The molecule has 0 bridgehead atoms. The monoisotopic (exact) mass is 357 g/mol. The molecule has 0 amide bonds. The molecular formula is C17H19N5O4. The molecule has 3 aromatic rings. The fourth-order valence-electron chi connectivity index (χ4n) is 3.04. The summed E-state index contributed by atoms with van der Waals surface area (Å²) in [5.41, 5.74) is 2.17. The quantitative estimate of drug-likeness (QED) is 0.528. The van der Waals surface area contributed by atoms with Crippen LogP contribution in [0.15, 0.2) is 36.9 Å². The summed E-state index contributed by atoms with van der Waals surface area (Å²) in [5.74, 6) is 0.802. The Morgan fingerprint density at radius 1 is 1.19 bits per heavy atom. The number of fused-ring (bicyclic) bond motifs is 1. The maximum atomic E-state index is 9.93. The van der Waals surface area contributed by atoms with E-state index in [-0.39, 0.29) is 12.4 Å². The van der Waals surface area contributed by atoms with Gasteiger partial charge in [-0.1, -0.05) is 12.1 Å². The van der Waals surface area contributed by atoms with Crippen molar-refractivity contribution < 1.29 is 20.1 Å². The van der Waals surface area contributed by atoms with Gasteiger partial charge in [0, 0.05) is 13.0 Å². The average molecular weight is 357 g/mol. The molecule has 9 heteroatoms. The number of aromatic hydroxyl groups is 1. The smallest absolute Gasteiger partial charge is 0.167 e. The summed E-state index contributed by atoms with van der Waals surface area (Å²) in [7, 11) is 0. The lowest BCUT2D eigenvalue weighted by Gasteiger charge is -2.13. The highest BCUT2D eigenvalue weighted by Gasteiger charge is 2.35. The number of phenols is 1. The third kappa shape index (κ3) is 3.07. The van der Waals surface area contributed by atoms with Gasteiger partial charge in [0.2, 0.25) is 0 Å². The van der Waals surface area contributed by atoms with Gasteiger partial charge in [-0.2, -0.15) is 0 Å². The van der Waals surface area contributed by atoms with Crippen LogP contribution in [0.1, 0.15) is 18.2 Å². The second-order valence-electron chi connectivity index (χ2n) is 6.18. The highest BCUT2D eigenvalue weighted by atomic mass is 16.5. The number of aliphatic hydroxyl groups excluding tert-OH is 2. The van der Waals surface area contributed by atoms with Crippen LogP contribution in [-0.4, -0.2) is 53.7 Å². The molecule has 0 spiro atoms. The number of phenolic OH excluding ortho intramolecular Hbond substituents is 1. The molecule has 136 valence electrons. The largest absolute Gasteiger partial charge is 0.508 e. The van der Waals surface area contributed by atoms with Crippen molar-refractivity contribution in [3.8, 4) is 5.75 Å². The minimum Gasteiger partial charge on any atom is -0.508 e. The first-order valence-corrected chi connectivity index (χ1v) is 8.29. The fourth-order valence-corrected chi connectivity index (χ4v) is 3.04. The SMILES string of the molecule is OC[C@H]1O[C@@H](n2cnc3c(NCc4ccc(O)cc4)ncnc32)C[C@@H]1O. The van der Waals surface area contributed by atoms with Gasteiger partial charge < -0.3 is 25.4 Å². The molecule has 4 rings (SSSR count). The molecule has 0 aliphatic carbocycles. The van der Waals surface area contributed by atoms with E-state index in [1.165, 1.54) is 6.33 Å². The average Bonchev–Trinajstić information content (AvgIpc) is 3.24. The summed E-state index contributed by atoms with van der Waals surface area (Å²) in [6, 6.07) is 6.90. The number of benzene rings is 1. The predicted molar refractivity (Wildman–Crippen MR) is 92.4 cm³/mol. The standard InChI is InChI=1S/C17H19N5O4/c23-7-13-12(25)5-14(26-13)22-9-21-15-16(19-8-20-17(15)22)18-6-10-1-3-11(24)4-2-10/h1-4,8-9,12-14,23-25H,5-7H2,(H,18,19,20)/t12-,13+,14+/m0/s1. The molecule has 0 saturated carbocycles. The van der Waals surface area contributed by atoms with Gasteiger partial charge in [0.05, 0.1) is 19.0 Å². The highest BCUT2D eigenvalue weighted by molar-refractivity contribution is 5.82. The van der Waals surface area contributed by atoms with Gasteiger partial charge in [-0.25, -0.2) is 15.0 Å². The minimum absolute atomic E-state index is 0.219. The number of aromatic nitrogens is 4. The van der Waals surface area contributed by atoms with E-state index in [1.807, 2.05) is 12.1 Å². The normalized spacial score (nSPS) is 22.8. The van der Waals surface area contributed by atoms with Gasteiger partial charge in [-0.15, -0.1) is 0 Å². The topological polar surface area (TPSA) is 126 Å². The molecule has 0 unspecified atom stereocenters. The second kappa shape index (κ2) is 6.87. The maximum Gasteiger partial charge on any atom is 0.167 e. The van der Waals surface area contributed by atoms with Gasteiger partial charge in [0.15, 0.2) is 17.0 Å². The molecule has 1 saturated heterocycles. The van der Waals surface area contributed by atoms with Crippen molar-refractivity contribution in [3.63, 3.8) is 0 Å². The second-order valence-corrected chi connectivity index (χ2v) is 6.18. The molecule has 26 heavy (non-hydrogen) atoms. The van der Waals surface area contributed by atoms with Crippen LogP contribution < -0.4 is 5.32 Å². The number of anilines is 1. The van der Waals surface area contributed by atoms with Crippen LogP contribution in [0.5, 0.6) is 5.75 Å². The third-order valence-corrected chi connectivity index (χ3v) is 4.45. The number of imidazole rings is 1. The molecule has 4 N–H and O–H groups in total. The van der Waals surface area contributed by atoms with Crippen molar-refractivity contribution >= 4 is 17.0 Å². The lowest BCUT2D eigenvalue weighted by molar-refractivity contribution is -0.0432. The van der Waals surface area contributed by atoms with Gasteiger partial charge >= 0.3 is 0 Å². The van der Waals surface area contributed by atoms with Gasteiger partial charge in [0.1, 0.15) is 24.4 Å². The maximum absolute atomic E-state index is 9.93. The van der Waals surface area contributed by atoms with Crippen molar-refractivity contribution in [2.24, 2.45) is 0 Å². The number of hydrogen-bond donors (Lipinski definition) is 4. The highest BCUT2D eigenvalue weighted by Crippen LogP contribution is 2.31. The zero-order chi connectivity index (χ0) is 18.1. The number of ether oxygens (including phenoxy) is 1. The molecule has 3 heterocycles. The Hall–Kier alpha value is -2.75. The summed E-state index contributed by atoms with van der Waals surface area (Å²) in [5, 5.41) is 31.7. The van der Waals surface area contributed by atoms with Crippen LogP contribution in [-0.2, 0) is 11.3 Å². The van der Waals surface area contributed by atoms with Crippen LogP contribution in [0.25, 0.3) is 11.2 Å². The Kier molecular flexibility index (Phi) is 4.41. The Morgan fingerprint density at radius 3 is 2.73 bits per heavy atom. The van der Waals surface area contributed by atoms with Crippen LogP contribution in [0.2, 0.25) is 0 Å². The van der Waals surface area contributed by atoms with Crippen molar-refractivity contribution in [3.05, 3.63) is 42.5 Å². The van der Waals surface area contributed by atoms with E-state index >= 15 is 0 Å². The Labute approximate surface area is 148 Å². The number of nitrogens with zero attached hydrogens (tertiary/aromatic N) is 4. The molecular weight excluding hydrogens is 338 g/mol. The van der Waals surface area contributed by atoms with E-state index in [0.717, 1.165) is 5.56 Å². The van der Waals surface area contributed by atoms with Crippen molar-refractivity contribution in [1.29, 1.82) is 0 Å². The summed E-state index contributed by atoms with van der Waals surface area (Å²) in [4.78, 5) is 12.9. The van der Waals surface area contributed by atoms with Crippen LogP contribution in [0.4, 0.5) is 5.82 Å². The first kappa shape index (κ1) is 16.7. The molecule has 1 aliphatic heterocycles. The molecule has 1 aliphatic rings. The number of aliphatic hydroxyl groups is 2. The third-order valence-electron chi connectivity index (χ3n) is 4.45. The van der Waals surface area contributed by atoms with Crippen LogP contribution >= 0.6 is 0 Å². The van der Waals surface area contributed by atoms with E-state index < -0.39 is 18.4 Å². The Balaban J connectivity index is 1.56. The fraction of sp³-hybridized carbons (Fsp3) is 0.353. The predicted octanol–water partition coefficient (Wildman–Crippen LogP) is 0.785. The number of hydrogen-bond acceptors (Lipinski definition) is 8. The van der Waals surface area contributed by atoms with E-state index in [2.05, 4.69) is 20.3 Å². The zero-order valence-electron chi connectivity index (χ0n) is 13.9. The molecule has 1 aromatic carbocycles. The van der Waals surface area contributed by atoms with Crippen molar-refractivity contribution in [2.45, 2.75) is 31.4 Å². The lowest BCUT2D eigenvalue weighted by Crippen LogP contribution is -2.24. The van der Waals surface area contributed by atoms with Crippen LogP contribution in [0.3, 0.4) is 0 Å². The number of rotatable bonds is 5. The van der Waals surface area contributed by atoms with Gasteiger partial charge in [-0.3, -0.25) is 4.57 Å². The molecule has 0 radical (unpaired) electrons. The lowest BCUT2D eigenvalue weighted by atomic mass is 10.2. The van der Waals surface area contributed by atoms with Crippen molar-refractivity contribution in [1.82, 2.24) is 19.5 Å². The zero-order valence-corrected chi connectivity index (χ0v) is 13.9. The van der Waals surface area contributed by atoms with E-state index in [9.17, 15) is 15.3 Å².